The molecule has 0 radical (unpaired) electrons. The summed E-state index contributed by atoms with van der Waals surface area (Å²) in [5, 5.41) is 0. The van der Waals surface area contributed by atoms with Gasteiger partial charge in [0, 0.05) is 32.7 Å². The van der Waals surface area contributed by atoms with Crippen LogP contribution in [0.4, 0.5) is 4.39 Å². The Kier molecular flexibility index (Phi) is 6.53. The van der Waals surface area contributed by atoms with Gasteiger partial charge < -0.3 is 15.5 Å². The first-order valence-corrected chi connectivity index (χ1v) is 9.02. The third-order valence-electron chi connectivity index (χ3n) is 5.37. The SMILES string of the molecule is CCC(CC)(CN)C(=O)N1CCCN(C(=O)c2ccccc2F)CC1. The van der Waals surface area contributed by atoms with Crippen LogP contribution in [0.25, 0.3) is 0 Å². The first-order valence-electron chi connectivity index (χ1n) is 9.02. The predicted octanol–water partition coefficient (Wildman–Crippen LogP) is 2.27. The molecular formula is C19H28FN3O2. The second kappa shape index (κ2) is 8.43. The van der Waals surface area contributed by atoms with E-state index in [1.165, 1.54) is 12.1 Å². The van der Waals surface area contributed by atoms with E-state index in [1.807, 2.05) is 18.7 Å². The van der Waals surface area contributed by atoms with Gasteiger partial charge in [0.05, 0.1) is 11.0 Å². The minimum atomic E-state index is -0.523. The summed E-state index contributed by atoms with van der Waals surface area (Å²) in [7, 11) is 0. The highest BCUT2D eigenvalue weighted by molar-refractivity contribution is 5.94. The van der Waals surface area contributed by atoms with Gasteiger partial charge in [0.1, 0.15) is 5.82 Å². The summed E-state index contributed by atoms with van der Waals surface area (Å²) in [6, 6.07) is 6.01. The Morgan fingerprint density at radius 2 is 1.68 bits per heavy atom. The van der Waals surface area contributed by atoms with E-state index < -0.39 is 11.2 Å². The molecule has 5 nitrogen and oxygen atoms in total. The predicted molar refractivity (Wildman–Crippen MR) is 95.6 cm³/mol. The zero-order valence-corrected chi connectivity index (χ0v) is 15.1. The number of hydrogen-bond donors (Lipinski definition) is 1. The molecule has 2 amide bonds. The van der Waals surface area contributed by atoms with E-state index >= 15 is 0 Å². The molecule has 2 rings (SSSR count). The smallest absolute Gasteiger partial charge is 0.256 e. The lowest BCUT2D eigenvalue weighted by atomic mass is 9.81. The molecule has 0 atom stereocenters. The Morgan fingerprint density at radius 3 is 2.28 bits per heavy atom. The number of benzene rings is 1. The summed E-state index contributed by atoms with van der Waals surface area (Å²) in [5.74, 6) is -0.757. The molecule has 0 unspecified atom stereocenters. The first-order chi connectivity index (χ1) is 12.0. The minimum Gasteiger partial charge on any atom is -0.340 e. The fourth-order valence-corrected chi connectivity index (χ4v) is 3.39. The van der Waals surface area contributed by atoms with Gasteiger partial charge in [-0.25, -0.2) is 4.39 Å². The van der Waals surface area contributed by atoms with Gasteiger partial charge in [-0.05, 0) is 31.4 Å². The molecule has 1 heterocycles. The summed E-state index contributed by atoms with van der Waals surface area (Å²) in [6.07, 6.45) is 2.08. The van der Waals surface area contributed by atoms with Crippen LogP contribution in [0.2, 0.25) is 0 Å². The molecule has 1 aromatic carbocycles. The summed E-state index contributed by atoms with van der Waals surface area (Å²) >= 11 is 0. The van der Waals surface area contributed by atoms with E-state index in [0.717, 1.165) is 0 Å². The second-order valence-electron chi connectivity index (χ2n) is 6.61. The molecule has 2 N–H and O–H groups in total. The highest BCUT2D eigenvalue weighted by atomic mass is 19.1. The van der Waals surface area contributed by atoms with Crippen molar-refractivity contribution in [3.05, 3.63) is 35.6 Å². The summed E-state index contributed by atoms with van der Waals surface area (Å²) in [5.41, 5.74) is 5.45. The largest absolute Gasteiger partial charge is 0.340 e. The van der Waals surface area contributed by atoms with Gasteiger partial charge in [0.2, 0.25) is 5.91 Å². The Balaban J connectivity index is 2.08. The zero-order chi connectivity index (χ0) is 18.4. The van der Waals surface area contributed by atoms with Crippen LogP contribution in [0.5, 0.6) is 0 Å². The molecule has 1 saturated heterocycles. The van der Waals surface area contributed by atoms with Crippen LogP contribution in [0, 0.1) is 11.2 Å². The number of nitrogens with zero attached hydrogens (tertiary/aromatic N) is 2. The van der Waals surface area contributed by atoms with E-state index in [0.29, 0.717) is 52.0 Å². The van der Waals surface area contributed by atoms with Gasteiger partial charge in [-0.1, -0.05) is 26.0 Å². The average Bonchev–Trinajstić information content (AvgIpc) is 2.89. The molecule has 0 saturated carbocycles. The fraction of sp³-hybridized carbons (Fsp3) is 0.579. The summed E-state index contributed by atoms with van der Waals surface area (Å²) in [6.45, 7) is 6.29. The highest BCUT2D eigenvalue weighted by Gasteiger charge is 2.37. The fourth-order valence-electron chi connectivity index (χ4n) is 3.39. The molecule has 1 aromatic rings. The number of amides is 2. The Bertz CT molecular complexity index is 608. The van der Waals surface area contributed by atoms with Crippen LogP contribution in [-0.2, 0) is 4.79 Å². The lowest BCUT2D eigenvalue weighted by Gasteiger charge is -2.34. The van der Waals surface area contributed by atoms with E-state index in [9.17, 15) is 14.0 Å². The normalized spacial score (nSPS) is 15.8. The van der Waals surface area contributed by atoms with Gasteiger partial charge >= 0.3 is 0 Å². The third-order valence-corrected chi connectivity index (χ3v) is 5.37. The summed E-state index contributed by atoms with van der Waals surface area (Å²) < 4.78 is 13.9. The standard InChI is InChI=1S/C19H28FN3O2/c1-3-19(4-2,14-21)18(25)23-11-7-10-22(12-13-23)17(24)15-8-5-6-9-16(15)20/h5-6,8-9H,3-4,7,10-14,21H2,1-2H3. The van der Waals surface area contributed by atoms with Crippen LogP contribution in [0.1, 0.15) is 43.5 Å². The van der Waals surface area contributed by atoms with Crippen molar-refractivity contribution in [1.82, 2.24) is 9.80 Å². The van der Waals surface area contributed by atoms with Crippen molar-refractivity contribution >= 4 is 11.8 Å². The van der Waals surface area contributed by atoms with Crippen molar-refractivity contribution in [2.75, 3.05) is 32.7 Å². The van der Waals surface area contributed by atoms with Gasteiger partial charge in [-0.3, -0.25) is 9.59 Å². The molecule has 138 valence electrons. The van der Waals surface area contributed by atoms with E-state index in [2.05, 4.69) is 0 Å². The molecule has 1 aliphatic rings. The lowest BCUT2D eigenvalue weighted by molar-refractivity contribution is -0.142. The maximum absolute atomic E-state index is 13.9. The number of carbonyl (C=O) groups is 2. The molecule has 1 aliphatic heterocycles. The quantitative estimate of drug-likeness (QED) is 0.887. The number of halogens is 1. The average molecular weight is 349 g/mol. The molecule has 0 bridgehead atoms. The van der Waals surface area contributed by atoms with Crippen molar-refractivity contribution in [2.24, 2.45) is 11.1 Å². The second-order valence-corrected chi connectivity index (χ2v) is 6.61. The number of carbonyl (C=O) groups excluding carboxylic acids is 2. The summed E-state index contributed by atoms with van der Waals surface area (Å²) in [4.78, 5) is 29.0. The Hall–Kier alpha value is -1.95. The third kappa shape index (κ3) is 4.00. The maximum Gasteiger partial charge on any atom is 0.256 e. The molecule has 0 spiro atoms. The lowest BCUT2D eigenvalue weighted by Crippen LogP contribution is -2.48. The maximum atomic E-state index is 13.9. The first kappa shape index (κ1) is 19.4. The molecule has 0 aromatic heterocycles. The molecule has 1 fully saturated rings. The Morgan fingerprint density at radius 1 is 1.08 bits per heavy atom. The van der Waals surface area contributed by atoms with Gasteiger partial charge in [-0.2, -0.15) is 0 Å². The van der Waals surface area contributed by atoms with Gasteiger partial charge in [0.15, 0.2) is 0 Å². The number of rotatable bonds is 5. The van der Waals surface area contributed by atoms with Crippen LogP contribution in [0.3, 0.4) is 0 Å². The van der Waals surface area contributed by atoms with E-state index in [1.54, 1.807) is 17.0 Å². The van der Waals surface area contributed by atoms with Crippen LogP contribution >= 0.6 is 0 Å². The van der Waals surface area contributed by atoms with Crippen molar-refractivity contribution in [2.45, 2.75) is 33.1 Å². The van der Waals surface area contributed by atoms with Crippen molar-refractivity contribution in [3.63, 3.8) is 0 Å². The van der Waals surface area contributed by atoms with Gasteiger partial charge in [-0.15, -0.1) is 0 Å². The Labute approximate surface area is 149 Å². The van der Waals surface area contributed by atoms with Crippen molar-refractivity contribution < 1.29 is 14.0 Å². The number of hydrogen-bond acceptors (Lipinski definition) is 3. The molecule has 0 aliphatic carbocycles. The van der Waals surface area contributed by atoms with Crippen LogP contribution < -0.4 is 5.73 Å². The topological polar surface area (TPSA) is 66.6 Å². The molecule has 6 heteroatoms. The van der Waals surface area contributed by atoms with E-state index in [4.69, 9.17) is 5.73 Å². The van der Waals surface area contributed by atoms with Crippen LogP contribution in [-0.4, -0.2) is 54.3 Å². The van der Waals surface area contributed by atoms with Crippen LogP contribution in [0.15, 0.2) is 24.3 Å². The zero-order valence-electron chi connectivity index (χ0n) is 15.1. The van der Waals surface area contributed by atoms with Crippen molar-refractivity contribution in [3.8, 4) is 0 Å². The molecular weight excluding hydrogens is 321 g/mol. The van der Waals surface area contributed by atoms with Crippen molar-refractivity contribution in [1.29, 1.82) is 0 Å². The highest BCUT2D eigenvalue weighted by Crippen LogP contribution is 2.28. The van der Waals surface area contributed by atoms with E-state index in [-0.39, 0.29) is 17.4 Å². The molecule has 25 heavy (non-hydrogen) atoms. The van der Waals surface area contributed by atoms with Gasteiger partial charge in [0.25, 0.3) is 5.91 Å². The number of nitrogens with two attached hydrogens (primary N) is 1. The minimum absolute atomic E-state index is 0.0696. The monoisotopic (exact) mass is 349 g/mol.